The summed E-state index contributed by atoms with van der Waals surface area (Å²) in [6, 6.07) is 5.44. The molecule has 2 N–H and O–H groups in total. The van der Waals surface area contributed by atoms with Gasteiger partial charge in [0.05, 0.1) is 0 Å². The highest BCUT2D eigenvalue weighted by Gasteiger charge is 2.13. The first-order valence-corrected chi connectivity index (χ1v) is 9.69. The maximum Gasteiger partial charge on any atom is 0.313 e. The first kappa shape index (κ1) is 20.7. The van der Waals surface area contributed by atoms with Crippen LogP contribution in [0, 0.1) is 6.92 Å². The molecular formula is C19H29BrN2O2. The van der Waals surface area contributed by atoms with Crippen LogP contribution in [0.2, 0.25) is 0 Å². The van der Waals surface area contributed by atoms with Gasteiger partial charge in [-0.2, -0.15) is 0 Å². The molecule has 5 heteroatoms. The second-order valence-electron chi connectivity index (χ2n) is 6.15. The average molecular weight is 397 g/mol. The van der Waals surface area contributed by atoms with E-state index in [4.69, 9.17) is 0 Å². The molecule has 0 unspecified atom stereocenters. The smallest absolute Gasteiger partial charge is 0.313 e. The molecule has 0 heterocycles. The Hall–Kier alpha value is -1.36. The average Bonchev–Trinajstić information content (AvgIpc) is 2.56. The molecule has 0 spiro atoms. The van der Waals surface area contributed by atoms with Crippen molar-refractivity contribution in [1.82, 2.24) is 5.32 Å². The molecule has 0 fully saturated rings. The summed E-state index contributed by atoms with van der Waals surface area (Å²) < 4.78 is 0.972. The van der Waals surface area contributed by atoms with Gasteiger partial charge in [0, 0.05) is 16.7 Å². The second-order valence-corrected chi connectivity index (χ2v) is 7.00. The molecule has 1 aromatic carbocycles. The fourth-order valence-corrected chi connectivity index (χ4v) is 2.70. The van der Waals surface area contributed by atoms with E-state index in [-0.39, 0.29) is 0 Å². The first-order chi connectivity index (χ1) is 11.5. The minimum Gasteiger partial charge on any atom is -0.348 e. The Balaban J connectivity index is 2.14. The standard InChI is InChI=1S/C19H29BrN2O2/c1-3-4-5-6-7-8-9-10-13-21-18(23)19(24)22-16-11-12-17(20)15(2)14-16/h11-12,14H,3-10,13H2,1-2H3,(H,21,23)(H,22,24). The molecule has 0 aromatic heterocycles. The summed E-state index contributed by atoms with van der Waals surface area (Å²) >= 11 is 3.40. The normalized spacial score (nSPS) is 10.5. The van der Waals surface area contributed by atoms with Gasteiger partial charge in [0.2, 0.25) is 0 Å². The second kappa shape index (κ2) is 12.1. The van der Waals surface area contributed by atoms with Crippen LogP contribution in [0.4, 0.5) is 5.69 Å². The molecule has 1 aromatic rings. The predicted molar refractivity (Wildman–Crippen MR) is 103 cm³/mol. The number of halogens is 1. The van der Waals surface area contributed by atoms with Crippen LogP contribution in [0.1, 0.15) is 63.9 Å². The van der Waals surface area contributed by atoms with Crippen LogP contribution < -0.4 is 10.6 Å². The minimum absolute atomic E-state index is 0.556. The molecule has 0 aliphatic heterocycles. The number of nitrogens with one attached hydrogen (secondary N) is 2. The number of hydrogen-bond donors (Lipinski definition) is 2. The third kappa shape index (κ3) is 8.48. The number of rotatable bonds is 10. The molecule has 0 bridgehead atoms. The number of amides is 2. The van der Waals surface area contributed by atoms with Gasteiger partial charge in [-0.1, -0.05) is 67.8 Å². The van der Waals surface area contributed by atoms with Crippen LogP contribution in [0.3, 0.4) is 0 Å². The van der Waals surface area contributed by atoms with E-state index >= 15 is 0 Å². The lowest BCUT2D eigenvalue weighted by molar-refractivity contribution is -0.136. The molecule has 0 saturated carbocycles. The Kier molecular flexibility index (Phi) is 10.4. The summed E-state index contributed by atoms with van der Waals surface area (Å²) in [4.78, 5) is 23.6. The lowest BCUT2D eigenvalue weighted by Gasteiger charge is -2.08. The van der Waals surface area contributed by atoms with E-state index in [1.54, 1.807) is 6.07 Å². The molecule has 0 saturated heterocycles. The van der Waals surface area contributed by atoms with Crippen LogP contribution in [-0.2, 0) is 9.59 Å². The largest absolute Gasteiger partial charge is 0.348 e. The quantitative estimate of drug-likeness (QED) is 0.433. The fourth-order valence-electron chi connectivity index (χ4n) is 2.45. The van der Waals surface area contributed by atoms with E-state index in [1.807, 2.05) is 19.1 Å². The van der Waals surface area contributed by atoms with E-state index in [0.29, 0.717) is 12.2 Å². The minimum atomic E-state index is -0.615. The van der Waals surface area contributed by atoms with Crippen molar-refractivity contribution in [2.75, 3.05) is 11.9 Å². The summed E-state index contributed by atoms with van der Waals surface area (Å²) in [5.74, 6) is -1.19. The first-order valence-electron chi connectivity index (χ1n) is 8.90. The number of aryl methyl sites for hydroxylation is 1. The Morgan fingerprint density at radius 3 is 2.21 bits per heavy atom. The molecular weight excluding hydrogens is 368 g/mol. The van der Waals surface area contributed by atoms with E-state index in [0.717, 1.165) is 22.9 Å². The van der Waals surface area contributed by atoms with E-state index in [2.05, 4.69) is 33.5 Å². The van der Waals surface area contributed by atoms with Crippen molar-refractivity contribution in [3.05, 3.63) is 28.2 Å². The number of carbonyl (C=O) groups is 2. The Bertz CT molecular complexity index is 532. The number of anilines is 1. The zero-order valence-corrected chi connectivity index (χ0v) is 16.4. The third-order valence-electron chi connectivity index (χ3n) is 3.94. The number of unbranched alkanes of at least 4 members (excludes halogenated alkanes) is 7. The van der Waals surface area contributed by atoms with E-state index in [1.165, 1.54) is 38.5 Å². The van der Waals surface area contributed by atoms with Crippen molar-refractivity contribution in [3.8, 4) is 0 Å². The van der Waals surface area contributed by atoms with Crippen molar-refractivity contribution in [1.29, 1.82) is 0 Å². The Morgan fingerprint density at radius 2 is 1.58 bits per heavy atom. The van der Waals surface area contributed by atoms with Gasteiger partial charge in [-0.3, -0.25) is 9.59 Å². The van der Waals surface area contributed by atoms with E-state index < -0.39 is 11.8 Å². The maximum absolute atomic E-state index is 11.8. The summed E-state index contributed by atoms with van der Waals surface area (Å²) in [5.41, 5.74) is 1.63. The third-order valence-corrected chi connectivity index (χ3v) is 4.83. The Labute approximate surface area is 153 Å². The highest BCUT2D eigenvalue weighted by Crippen LogP contribution is 2.19. The highest BCUT2D eigenvalue weighted by molar-refractivity contribution is 9.10. The molecule has 0 aliphatic rings. The SMILES string of the molecule is CCCCCCCCCCNC(=O)C(=O)Nc1ccc(Br)c(C)c1. The van der Waals surface area contributed by atoms with Crippen molar-refractivity contribution in [2.45, 2.75) is 65.2 Å². The predicted octanol–water partition coefficient (Wildman–Crippen LogP) is 4.95. The fraction of sp³-hybridized carbons (Fsp3) is 0.579. The zero-order chi connectivity index (χ0) is 17.8. The van der Waals surface area contributed by atoms with Crippen molar-refractivity contribution in [3.63, 3.8) is 0 Å². The molecule has 0 aliphatic carbocycles. The molecule has 0 atom stereocenters. The van der Waals surface area contributed by atoms with Gasteiger partial charge < -0.3 is 10.6 Å². The summed E-state index contributed by atoms with van der Waals surface area (Å²) in [6.45, 7) is 4.71. The number of hydrogen-bond acceptors (Lipinski definition) is 2. The zero-order valence-electron chi connectivity index (χ0n) is 14.8. The van der Waals surface area contributed by atoms with Crippen LogP contribution in [0.15, 0.2) is 22.7 Å². The Morgan fingerprint density at radius 1 is 0.958 bits per heavy atom. The molecule has 24 heavy (non-hydrogen) atoms. The summed E-state index contributed by atoms with van der Waals surface area (Å²) in [5, 5.41) is 5.30. The van der Waals surface area contributed by atoms with Gasteiger partial charge in [-0.15, -0.1) is 0 Å². The van der Waals surface area contributed by atoms with Gasteiger partial charge in [-0.05, 0) is 37.1 Å². The number of carbonyl (C=O) groups excluding carboxylic acids is 2. The number of benzene rings is 1. The van der Waals surface area contributed by atoms with Crippen LogP contribution in [0.25, 0.3) is 0 Å². The monoisotopic (exact) mass is 396 g/mol. The topological polar surface area (TPSA) is 58.2 Å². The summed E-state index contributed by atoms with van der Waals surface area (Å²) in [6.07, 6.45) is 9.69. The highest BCUT2D eigenvalue weighted by atomic mass is 79.9. The molecule has 0 radical (unpaired) electrons. The lowest BCUT2D eigenvalue weighted by Crippen LogP contribution is -2.35. The maximum atomic E-state index is 11.8. The van der Waals surface area contributed by atoms with Crippen LogP contribution >= 0.6 is 15.9 Å². The summed E-state index contributed by atoms with van der Waals surface area (Å²) in [7, 11) is 0. The molecule has 134 valence electrons. The van der Waals surface area contributed by atoms with Gasteiger partial charge in [0.1, 0.15) is 0 Å². The molecule has 4 nitrogen and oxygen atoms in total. The van der Waals surface area contributed by atoms with Crippen molar-refractivity contribution < 1.29 is 9.59 Å². The lowest BCUT2D eigenvalue weighted by atomic mass is 10.1. The van der Waals surface area contributed by atoms with E-state index in [9.17, 15) is 9.59 Å². The van der Waals surface area contributed by atoms with Gasteiger partial charge >= 0.3 is 11.8 Å². The van der Waals surface area contributed by atoms with Crippen molar-refractivity contribution in [2.24, 2.45) is 0 Å². The molecule has 2 amide bonds. The van der Waals surface area contributed by atoms with Crippen LogP contribution in [0.5, 0.6) is 0 Å². The molecule has 1 rings (SSSR count). The van der Waals surface area contributed by atoms with Gasteiger partial charge in [0.15, 0.2) is 0 Å². The van der Waals surface area contributed by atoms with Crippen LogP contribution in [-0.4, -0.2) is 18.4 Å². The van der Waals surface area contributed by atoms with Crippen molar-refractivity contribution >= 4 is 33.4 Å². The van der Waals surface area contributed by atoms with Gasteiger partial charge in [0.25, 0.3) is 0 Å². The van der Waals surface area contributed by atoms with Gasteiger partial charge in [-0.25, -0.2) is 0 Å².